The molecule has 0 saturated carbocycles. The van der Waals surface area contributed by atoms with E-state index in [1.165, 1.54) is 6.08 Å². The van der Waals surface area contributed by atoms with Crippen LogP contribution < -0.4 is 9.62 Å². The molecular weight excluding hydrogens is 390 g/mol. The van der Waals surface area contributed by atoms with E-state index in [0.29, 0.717) is 12.2 Å². The van der Waals surface area contributed by atoms with E-state index in [4.69, 9.17) is 9.47 Å². The fraction of sp³-hybridized carbons (Fsp3) is 0.381. The molecule has 0 aromatic heterocycles. The Bertz CT molecular complexity index is 1020. The zero-order valence-corrected chi connectivity index (χ0v) is 17.2. The number of hydrogen-bond donors (Lipinski definition) is 1. The molecule has 1 aliphatic rings. The van der Waals surface area contributed by atoms with Gasteiger partial charge in [0, 0.05) is 31.9 Å². The van der Waals surface area contributed by atoms with Gasteiger partial charge < -0.3 is 14.4 Å². The number of benzene rings is 2. The van der Waals surface area contributed by atoms with Crippen molar-refractivity contribution in [2.75, 3.05) is 51.0 Å². The van der Waals surface area contributed by atoms with Crippen LogP contribution in [-0.4, -0.2) is 54.5 Å². The number of nitrogens with zero attached hydrogens (tertiary/aromatic N) is 2. The van der Waals surface area contributed by atoms with Gasteiger partial charge in [-0.25, -0.2) is 13.1 Å². The van der Waals surface area contributed by atoms with Crippen LogP contribution in [0.1, 0.15) is 12.5 Å². The highest BCUT2D eigenvalue weighted by molar-refractivity contribution is 7.93. The Kier molecular flexibility index (Phi) is 7.23. The molecule has 29 heavy (non-hydrogen) atoms. The fourth-order valence-corrected chi connectivity index (χ4v) is 4.07. The zero-order valence-electron chi connectivity index (χ0n) is 16.4. The van der Waals surface area contributed by atoms with Crippen LogP contribution in [0.5, 0.6) is 0 Å². The number of anilines is 1. The van der Waals surface area contributed by atoms with Crippen molar-refractivity contribution < 1.29 is 17.9 Å². The van der Waals surface area contributed by atoms with Crippen LogP contribution in [0.3, 0.4) is 0 Å². The van der Waals surface area contributed by atoms with Crippen molar-refractivity contribution in [3.8, 4) is 6.07 Å². The molecule has 2 aromatic carbocycles. The molecule has 1 N–H and O–H groups in total. The second-order valence-electron chi connectivity index (χ2n) is 6.61. The van der Waals surface area contributed by atoms with Gasteiger partial charge in [-0.15, -0.1) is 0 Å². The molecular formula is C21H25N3O4S. The standard InChI is InChI=1S/C21H25N3O4S/c1-2-27-10-7-23-29(25,26)21(16-22)14-17-3-4-19-15-20(6-5-18(19)13-17)24-8-11-28-12-9-24/h3-6,13-15,23H,2,7-12H2,1H3/b21-14+. The third-order valence-corrected chi connectivity index (χ3v) is 6.04. The first kappa shape index (κ1) is 21.3. The van der Waals surface area contributed by atoms with E-state index in [2.05, 4.69) is 21.8 Å². The normalized spacial score (nSPS) is 15.4. The highest BCUT2D eigenvalue weighted by Gasteiger charge is 2.17. The van der Waals surface area contributed by atoms with Crippen molar-refractivity contribution in [1.29, 1.82) is 5.26 Å². The van der Waals surface area contributed by atoms with Gasteiger partial charge in [-0.3, -0.25) is 0 Å². The highest BCUT2D eigenvalue weighted by atomic mass is 32.2. The van der Waals surface area contributed by atoms with E-state index < -0.39 is 10.0 Å². The van der Waals surface area contributed by atoms with Crippen LogP contribution in [0.4, 0.5) is 5.69 Å². The van der Waals surface area contributed by atoms with Crippen molar-refractivity contribution >= 4 is 32.6 Å². The minimum absolute atomic E-state index is 0.122. The maximum atomic E-state index is 12.3. The number of fused-ring (bicyclic) bond motifs is 1. The van der Waals surface area contributed by atoms with Gasteiger partial charge in [0.1, 0.15) is 6.07 Å². The molecule has 3 rings (SSSR count). The predicted molar refractivity (Wildman–Crippen MR) is 114 cm³/mol. The average molecular weight is 416 g/mol. The van der Waals surface area contributed by atoms with Gasteiger partial charge in [-0.1, -0.05) is 18.2 Å². The molecule has 2 aromatic rings. The molecule has 0 aliphatic carbocycles. The largest absolute Gasteiger partial charge is 0.380 e. The minimum atomic E-state index is -3.87. The summed E-state index contributed by atoms with van der Waals surface area (Å²) in [7, 11) is -3.87. The number of nitrogens with one attached hydrogen (secondary N) is 1. The summed E-state index contributed by atoms with van der Waals surface area (Å²) in [5.41, 5.74) is 1.80. The quantitative estimate of drug-likeness (QED) is 0.526. The van der Waals surface area contributed by atoms with Crippen LogP contribution >= 0.6 is 0 Å². The number of morpholine rings is 1. The van der Waals surface area contributed by atoms with E-state index in [9.17, 15) is 13.7 Å². The molecule has 1 heterocycles. The van der Waals surface area contributed by atoms with Crippen LogP contribution in [0, 0.1) is 11.3 Å². The average Bonchev–Trinajstić information content (AvgIpc) is 2.75. The third-order valence-electron chi connectivity index (χ3n) is 4.66. The van der Waals surface area contributed by atoms with E-state index in [0.717, 1.165) is 42.8 Å². The number of sulfonamides is 1. The summed E-state index contributed by atoms with van der Waals surface area (Å²) >= 11 is 0. The van der Waals surface area contributed by atoms with E-state index in [1.54, 1.807) is 6.07 Å². The number of allylic oxidation sites excluding steroid dienone is 1. The topological polar surface area (TPSA) is 91.7 Å². The Morgan fingerprint density at radius 2 is 1.97 bits per heavy atom. The number of rotatable bonds is 8. The molecule has 0 atom stereocenters. The zero-order chi connectivity index (χ0) is 20.7. The molecule has 1 fully saturated rings. The fourth-order valence-electron chi connectivity index (χ4n) is 3.15. The summed E-state index contributed by atoms with van der Waals surface area (Å²) in [5, 5.41) is 11.4. The Labute approximate surface area is 171 Å². The smallest absolute Gasteiger partial charge is 0.250 e. The minimum Gasteiger partial charge on any atom is -0.380 e. The second-order valence-corrected chi connectivity index (χ2v) is 8.34. The summed E-state index contributed by atoms with van der Waals surface area (Å²) in [6.45, 7) is 5.91. The van der Waals surface area contributed by atoms with Crippen molar-refractivity contribution in [3.05, 3.63) is 46.9 Å². The van der Waals surface area contributed by atoms with Gasteiger partial charge in [0.05, 0.1) is 19.8 Å². The lowest BCUT2D eigenvalue weighted by atomic mass is 10.1. The summed E-state index contributed by atoms with van der Waals surface area (Å²) in [5.74, 6) is 0. The monoisotopic (exact) mass is 415 g/mol. The van der Waals surface area contributed by atoms with Crippen molar-refractivity contribution in [2.24, 2.45) is 0 Å². The first-order chi connectivity index (χ1) is 14.0. The summed E-state index contributed by atoms with van der Waals surface area (Å²) < 4.78 is 37.6. The first-order valence-electron chi connectivity index (χ1n) is 9.59. The van der Waals surface area contributed by atoms with Gasteiger partial charge in [-0.2, -0.15) is 5.26 Å². The van der Waals surface area contributed by atoms with Gasteiger partial charge in [-0.05, 0) is 47.5 Å². The molecule has 154 valence electrons. The van der Waals surface area contributed by atoms with Crippen molar-refractivity contribution in [2.45, 2.75) is 6.92 Å². The maximum absolute atomic E-state index is 12.3. The number of nitriles is 1. The SMILES string of the molecule is CCOCCNS(=O)(=O)/C(C#N)=C/c1ccc2cc(N3CCOCC3)ccc2c1. The molecule has 0 radical (unpaired) electrons. The molecule has 1 saturated heterocycles. The lowest BCUT2D eigenvalue weighted by molar-refractivity contribution is 0.122. The summed E-state index contributed by atoms with van der Waals surface area (Å²) in [6, 6.07) is 13.6. The molecule has 7 nitrogen and oxygen atoms in total. The summed E-state index contributed by atoms with van der Waals surface area (Å²) in [6.07, 6.45) is 1.39. The maximum Gasteiger partial charge on any atom is 0.250 e. The lowest BCUT2D eigenvalue weighted by Gasteiger charge is -2.29. The van der Waals surface area contributed by atoms with E-state index in [1.807, 2.05) is 31.2 Å². The van der Waals surface area contributed by atoms with Crippen LogP contribution in [-0.2, 0) is 19.5 Å². The van der Waals surface area contributed by atoms with Crippen LogP contribution in [0.15, 0.2) is 41.3 Å². The molecule has 8 heteroatoms. The Hall–Kier alpha value is -2.44. The molecule has 1 aliphatic heterocycles. The van der Waals surface area contributed by atoms with Crippen molar-refractivity contribution in [1.82, 2.24) is 4.72 Å². The van der Waals surface area contributed by atoms with Gasteiger partial charge in [0.25, 0.3) is 10.0 Å². The van der Waals surface area contributed by atoms with Crippen LogP contribution in [0.25, 0.3) is 16.8 Å². The lowest BCUT2D eigenvalue weighted by Crippen LogP contribution is -2.36. The second kappa shape index (κ2) is 9.85. The predicted octanol–water partition coefficient (Wildman–Crippen LogP) is 2.50. The van der Waals surface area contributed by atoms with Gasteiger partial charge >= 0.3 is 0 Å². The molecule has 0 amide bonds. The van der Waals surface area contributed by atoms with E-state index >= 15 is 0 Å². The molecule has 0 spiro atoms. The number of ether oxygens (including phenoxy) is 2. The first-order valence-corrected chi connectivity index (χ1v) is 11.1. The highest BCUT2D eigenvalue weighted by Crippen LogP contribution is 2.25. The molecule has 0 bridgehead atoms. The Morgan fingerprint density at radius 1 is 1.24 bits per heavy atom. The third kappa shape index (κ3) is 5.55. The summed E-state index contributed by atoms with van der Waals surface area (Å²) in [4.78, 5) is 1.96. The molecule has 0 unspecified atom stereocenters. The van der Waals surface area contributed by atoms with E-state index in [-0.39, 0.29) is 18.1 Å². The Morgan fingerprint density at radius 3 is 2.69 bits per heavy atom. The van der Waals surface area contributed by atoms with Crippen LogP contribution in [0.2, 0.25) is 0 Å². The number of hydrogen-bond acceptors (Lipinski definition) is 6. The van der Waals surface area contributed by atoms with Gasteiger partial charge in [0.15, 0.2) is 4.91 Å². The Balaban J connectivity index is 1.80. The van der Waals surface area contributed by atoms with Gasteiger partial charge in [0.2, 0.25) is 0 Å². The van der Waals surface area contributed by atoms with Crippen molar-refractivity contribution in [3.63, 3.8) is 0 Å².